The van der Waals surface area contributed by atoms with Gasteiger partial charge in [0.25, 0.3) is 0 Å². The summed E-state index contributed by atoms with van der Waals surface area (Å²) < 4.78 is 11.0. The Morgan fingerprint density at radius 3 is 1.71 bits per heavy atom. The first kappa shape index (κ1) is 14.4. The predicted molar refractivity (Wildman–Crippen MR) is 63.5 cm³/mol. The molecule has 0 fully saturated rings. The van der Waals surface area contributed by atoms with Crippen molar-refractivity contribution in [2.45, 2.75) is 51.4 Å². The SMILES string of the molecule is CC[Si](CC)(CC)[C@@H](C)CP(=O)(O)O. The molecule has 0 radical (unpaired) electrons. The smallest absolute Gasteiger partial charge is 0.324 e. The Kier molecular flexibility index (Phi) is 5.59. The number of rotatable bonds is 6. The van der Waals surface area contributed by atoms with Gasteiger partial charge in [-0.05, 0) is 5.54 Å². The van der Waals surface area contributed by atoms with E-state index in [-0.39, 0.29) is 11.7 Å². The Balaban J connectivity index is 4.60. The van der Waals surface area contributed by atoms with Crippen molar-refractivity contribution in [2.24, 2.45) is 0 Å². The maximum atomic E-state index is 11.0. The lowest BCUT2D eigenvalue weighted by atomic mass is 10.5. The van der Waals surface area contributed by atoms with Crippen LogP contribution in [0.3, 0.4) is 0 Å². The van der Waals surface area contributed by atoms with Gasteiger partial charge in [-0.2, -0.15) is 0 Å². The monoisotopic (exact) mass is 238 g/mol. The van der Waals surface area contributed by atoms with E-state index in [0.29, 0.717) is 0 Å². The Bertz CT molecular complexity index is 202. The highest BCUT2D eigenvalue weighted by Gasteiger charge is 2.36. The lowest BCUT2D eigenvalue weighted by Gasteiger charge is -2.34. The van der Waals surface area contributed by atoms with Crippen LogP contribution in [0.2, 0.25) is 23.7 Å². The van der Waals surface area contributed by atoms with Crippen molar-refractivity contribution >= 4 is 15.7 Å². The average Bonchev–Trinajstić information content (AvgIpc) is 2.05. The van der Waals surface area contributed by atoms with Crippen LogP contribution in [-0.4, -0.2) is 24.0 Å². The Morgan fingerprint density at radius 1 is 1.14 bits per heavy atom. The third kappa shape index (κ3) is 3.85. The van der Waals surface area contributed by atoms with Gasteiger partial charge in [0.2, 0.25) is 0 Å². The minimum atomic E-state index is -3.82. The molecule has 0 aliphatic carbocycles. The van der Waals surface area contributed by atoms with Gasteiger partial charge in [-0.1, -0.05) is 45.8 Å². The van der Waals surface area contributed by atoms with Crippen LogP contribution >= 0.6 is 7.60 Å². The first-order valence-electron chi connectivity index (χ1n) is 5.36. The summed E-state index contributed by atoms with van der Waals surface area (Å²) in [6.07, 6.45) is 0.0781. The van der Waals surface area contributed by atoms with Crippen LogP contribution < -0.4 is 0 Å². The zero-order valence-corrected chi connectivity index (χ0v) is 11.6. The fourth-order valence-electron chi connectivity index (χ4n) is 2.35. The van der Waals surface area contributed by atoms with E-state index in [1.807, 2.05) is 6.92 Å². The van der Waals surface area contributed by atoms with E-state index >= 15 is 0 Å². The minimum absolute atomic E-state index is 0.0781. The van der Waals surface area contributed by atoms with Crippen LogP contribution in [0.1, 0.15) is 27.7 Å². The predicted octanol–water partition coefficient (Wildman–Crippen LogP) is 3.06. The standard InChI is InChI=1S/C9H23O3PSi/c1-5-14(6-2,7-3)9(4)8-13(10,11)12/h9H,5-8H2,1-4H3,(H2,10,11,12)/t9-/m0/s1. The molecule has 86 valence electrons. The summed E-state index contributed by atoms with van der Waals surface area (Å²) in [7, 11) is -5.25. The number of hydrogen-bond donors (Lipinski definition) is 2. The van der Waals surface area contributed by atoms with Crippen molar-refractivity contribution in [1.82, 2.24) is 0 Å². The van der Waals surface area contributed by atoms with Gasteiger partial charge in [0.1, 0.15) is 0 Å². The molecule has 0 aliphatic rings. The van der Waals surface area contributed by atoms with Crippen molar-refractivity contribution in [3.63, 3.8) is 0 Å². The molecule has 2 N–H and O–H groups in total. The highest BCUT2D eigenvalue weighted by atomic mass is 31.2. The second-order valence-electron chi connectivity index (χ2n) is 4.17. The van der Waals surface area contributed by atoms with Crippen LogP contribution in [0.15, 0.2) is 0 Å². The molecule has 5 heteroatoms. The molecule has 0 aromatic carbocycles. The molecule has 0 aromatic heterocycles. The molecular formula is C9H23O3PSi. The maximum absolute atomic E-state index is 11.0. The van der Waals surface area contributed by atoms with E-state index in [0.717, 1.165) is 18.1 Å². The van der Waals surface area contributed by atoms with Crippen molar-refractivity contribution < 1.29 is 14.4 Å². The van der Waals surface area contributed by atoms with E-state index in [1.54, 1.807) is 0 Å². The van der Waals surface area contributed by atoms with E-state index in [4.69, 9.17) is 9.79 Å². The summed E-state index contributed by atoms with van der Waals surface area (Å²) in [6, 6.07) is 3.38. The van der Waals surface area contributed by atoms with Gasteiger partial charge in [-0.25, -0.2) is 0 Å². The Hall–Kier alpha value is 0.367. The molecule has 0 aliphatic heterocycles. The Morgan fingerprint density at radius 2 is 1.50 bits per heavy atom. The lowest BCUT2D eigenvalue weighted by molar-refractivity contribution is 0.372. The van der Waals surface area contributed by atoms with E-state index in [1.165, 1.54) is 0 Å². The molecule has 3 nitrogen and oxygen atoms in total. The Labute approximate surface area is 88.1 Å². The summed E-state index contributed by atoms with van der Waals surface area (Å²) in [5.41, 5.74) is 0.225. The molecule has 1 atom stereocenters. The van der Waals surface area contributed by atoms with Crippen LogP contribution in [0.25, 0.3) is 0 Å². The highest BCUT2D eigenvalue weighted by Crippen LogP contribution is 2.45. The van der Waals surface area contributed by atoms with Crippen molar-refractivity contribution in [3.8, 4) is 0 Å². The van der Waals surface area contributed by atoms with Crippen molar-refractivity contribution in [3.05, 3.63) is 0 Å². The summed E-state index contributed by atoms with van der Waals surface area (Å²) in [6.45, 7) is 8.50. The lowest BCUT2D eigenvalue weighted by Crippen LogP contribution is -2.37. The average molecular weight is 238 g/mol. The maximum Gasteiger partial charge on any atom is 0.325 e. The highest BCUT2D eigenvalue weighted by molar-refractivity contribution is 7.52. The van der Waals surface area contributed by atoms with Crippen LogP contribution in [0.4, 0.5) is 0 Å². The van der Waals surface area contributed by atoms with Crippen LogP contribution in [0.5, 0.6) is 0 Å². The molecule has 0 spiro atoms. The van der Waals surface area contributed by atoms with Gasteiger partial charge in [0, 0.05) is 0 Å². The van der Waals surface area contributed by atoms with Gasteiger partial charge in [0.15, 0.2) is 0 Å². The van der Waals surface area contributed by atoms with Gasteiger partial charge < -0.3 is 9.79 Å². The molecule has 0 unspecified atom stereocenters. The molecule has 0 heterocycles. The zero-order valence-electron chi connectivity index (χ0n) is 9.66. The normalized spacial score (nSPS) is 15.6. The molecule has 0 rings (SSSR count). The largest absolute Gasteiger partial charge is 0.325 e. The first-order valence-corrected chi connectivity index (χ1v) is 9.85. The summed E-state index contributed by atoms with van der Waals surface area (Å²) in [5.74, 6) is 0. The third-order valence-corrected chi connectivity index (χ3v) is 11.6. The quantitative estimate of drug-likeness (QED) is 0.552. The molecule has 0 amide bonds. The second kappa shape index (κ2) is 5.45. The van der Waals surface area contributed by atoms with Crippen molar-refractivity contribution in [1.29, 1.82) is 0 Å². The molecular weight excluding hydrogens is 215 g/mol. The molecule has 0 saturated heterocycles. The second-order valence-corrected chi connectivity index (χ2v) is 11.7. The summed E-state index contributed by atoms with van der Waals surface area (Å²) in [4.78, 5) is 17.9. The molecule has 0 bridgehead atoms. The van der Waals surface area contributed by atoms with Crippen LogP contribution in [0, 0.1) is 0 Å². The molecule has 0 saturated carbocycles. The van der Waals surface area contributed by atoms with Crippen molar-refractivity contribution in [2.75, 3.05) is 6.16 Å². The van der Waals surface area contributed by atoms with Gasteiger partial charge >= 0.3 is 7.60 Å². The van der Waals surface area contributed by atoms with E-state index in [2.05, 4.69) is 20.8 Å². The third-order valence-electron chi connectivity index (χ3n) is 3.67. The summed E-state index contributed by atoms with van der Waals surface area (Å²) >= 11 is 0. The van der Waals surface area contributed by atoms with Gasteiger partial charge in [-0.15, -0.1) is 0 Å². The molecule has 14 heavy (non-hydrogen) atoms. The van der Waals surface area contributed by atoms with Crippen LogP contribution in [-0.2, 0) is 4.57 Å². The minimum Gasteiger partial charge on any atom is -0.324 e. The van der Waals surface area contributed by atoms with Gasteiger partial charge in [0.05, 0.1) is 14.2 Å². The summed E-state index contributed by atoms with van der Waals surface area (Å²) in [5, 5.41) is 0. The van der Waals surface area contributed by atoms with Gasteiger partial charge in [-0.3, -0.25) is 4.57 Å². The molecule has 0 aromatic rings. The van der Waals surface area contributed by atoms with E-state index in [9.17, 15) is 4.57 Å². The first-order chi connectivity index (χ1) is 6.31. The van der Waals surface area contributed by atoms with E-state index < -0.39 is 15.7 Å². The fourth-order valence-corrected chi connectivity index (χ4v) is 8.91. The fraction of sp³-hybridized carbons (Fsp3) is 1.00. The zero-order chi connectivity index (χ0) is 11.4. The topological polar surface area (TPSA) is 57.5 Å². The number of hydrogen-bond acceptors (Lipinski definition) is 1.